The van der Waals surface area contributed by atoms with E-state index >= 15 is 0 Å². The Kier molecular flexibility index (Phi) is 2.88. The zero-order chi connectivity index (χ0) is 13.2. The van der Waals surface area contributed by atoms with Crippen LogP contribution in [0.2, 0.25) is 0 Å². The first-order chi connectivity index (χ1) is 9.25. The highest BCUT2D eigenvalue weighted by Gasteiger charge is 2.13. The number of aromatic nitrogens is 1. The van der Waals surface area contributed by atoms with E-state index in [2.05, 4.69) is 17.1 Å². The second kappa shape index (κ2) is 4.69. The summed E-state index contributed by atoms with van der Waals surface area (Å²) in [6.07, 6.45) is 8.20. The maximum absolute atomic E-state index is 11.4. The molecule has 1 aromatic heterocycles. The molecule has 0 radical (unpaired) electrons. The molecule has 3 nitrogen and oxygen atoms in total. The Morgan fingerprint density at radius 3 is 2.79 bits per heavy atom. The number of hydrogen-bond acceptors (Lipinski definition) is 2. The van der Waals surface area contributed by atoms with Gasteiger partial charge in [-0.2, -0.15) is 0 Å². The molecule has 2 aromatic rings. The number of allylic oxidation sites excluding steroid dienone is 4. The first-order valence-electron chi connectivity index (χ1n) is 6.26. The summed E-state index contributed by atoms with van der Waals surface area (Å²) in [5.41, 5.74) is 2.75. The monoisotopic (exact) mass is 251 g/mol. The minimum Gasteiger partial charge on any atom is -0.478 e. The molecule has 0 unspecified atom stereocenters. The van der Waals surface area contributed by atoms with Crippen molar-refractivity contribution >= 4 is 22.4 Å². The molecule has 0 aliphatic heterocycles. The van der Waals surface area contributed by atoms with Crippen LogP contribution in [-0.4, -0.2) is 16.1 Å². The molecule has 3 heteroatoms. The summed E-state index contributed by atoms with van der Waals surface area (Å²) >= 11 is 0. The molecule has 0 saturated carbocycles. The van der Waals surface area contributed by atoms with Crippen LogP contribution in [0.25, 0.3) is 16.5 Å². The number of carboxylic acid groups (broad SMARTS) is 1. The van der Waals surface area contributed by atoms with E-state index in [-0.39, 0.29) is 0 Å². The molecule has 1 N–H and O–H groups in total. The van der Waals surface area contributed by atoms with Gasteiger partial charge in [-0.05, 0) is 30.5 Å². The maximum Gasteiger partial charge on any atom is 0.336 e. The van der Waals surface area contributed by atoms with Crippen LogP contribution in [0, 0.1) is 0 Å². The SMILES string of the molecule is O=C(O)c1cc(C2=CCCC=C2)nc2ccccc12. The van der Waals surface area contributed by atoms with Crippen LogP contribution in [0.4, 0.5) is 0 Å². The number of rotatable bonds is 2. The van der Waals surface area contributed by atoms with E-state index in [1.165, 1.54) is 0 Å². The topological polar surface area (TPSA) is 50.2 Å². The number of carbonyl (C=O) groups is 1. The molecule has 19 heavy (non-hydrogen) atoms. The van der Waals surface area contributed by atoms with Gasteiger partial charge in [0.25, 0.3) is 0 Å². The molecule has 94 valence electrons. The Morgan fingerprint density at radius 2 is 2.05 bits per heavy atom. The number of nitrogens with zero attached hydrogens (tertiary/aromatic N) is 1. The van der Waals surface area contributed by atoms with Crippen LogP contribution in [0.1, 0.15) is 28.9 Å². The fourth-order valence-electron chi connectivity index (χ4n) is 2.30. The fourth-order valence-corrected chi connectivity index (χ4v) is 2.30. The van der Waals surface area contributed by atoms with Gasteiger partial charge in [0.05, 0.1) is 16.8 Å². The molecule has 0 fully saturated rings. The van der Waals surface area contributed by atoms with Gasteiger partial charge in [-0.15, -0.1) is 0 Å². The van der Waals surface area contributed by atoms with E-state index < -0.39 is 5.97 Å². The van der Waals surface area contributed by atoms with Crippen molar-refractivity contribution in [2.45, 2.75) is 12.8 Å². The molecule has 0 atom stereocenters. The third kappa shape index (κ3) is 2.15. The van der Waals surface area contributed by atoms with E-state index in [1.807, 2.05) is 24.3 Å². The summed E-state index contributed by atoms with van der Waals surface area (Å²) in [6, 6.07) is 9.00. The lowest BCUT2D eigenvalue weighted by Gasteiger charge is -2.09. The summed E-state index contributed by atoms with van der Waals surface area (Å²) in [4.78, 5) is 15.9. The van der Waals surface area contributed by atoms with Gasteiger partial charge in [0.2, 0.25) is 0 Å². The minimum absolute atomic E-state index is 0.306. The third-order valence-electron chi connectivity index (χ3n) is 3.24. The van der Waals surface area contributed by atoms with Gasteiger partial charge in [0.15, 0.2) is 0 Å². The predicted octanol–water partition coefficient (Wildman–Crippen LogP) is 3.67. The molecule has 0 amide bonds. The lowest BCUT2D eigenvalue weighted by atomic mass is 10.0. The highest BCUT2D eigenvalue weighted by Crippen LogP contribution is 2.25. The number of para-hydroxylation sites is 1. The Balaban J connectivity index is 2.24. The third-order valence-corrected chi connectivity index (χ3v) is 3.24. The summed E-state index contributed by atoms with van der Waals surface area (Å²) in [5.74, 6) is -0.916. The van der Waals surface area contributed by atoms with Crippen molar-refractivity contribution in [3.05, 3.63) is 59.8 Å². The number of benzene rings is 1. The lowest BCUT2D eigenvalue weighted by Crippen LogP contribution is -2.01. The normalized spacial score (nSPS) is 14.4. The van der Waals surface area contributed by atoms with E-state index in [9.17, 15) is 9.90 Å². The smallest absolute Gasteiger partial charge is 0.336 e. The van der Waals surface area contributed by atoms with Crippen molar-refractivity contribution in [2.75, 3.05) is 0 Å². The first kappa shape index (κ1) is 11.7. The quantitative estimate of drug-likeness (QED) is 0.886. The molecule has 0 bridgehead atoms. The van der Waals surface area contributed by atoms with Crippen LogP contribution < -0.4 is 0 Å². The van der Waals surface area contributed by atoms with Crippen LogP contribution in [0.3, 0.4) is 0 Å². The molecular formula is C16H13NO2. The van der Waals surface area contributed by atoms with Gasteiger partial charge < -0.3 is 5.11 Å². The van der Waals surface area contributed by atoms with E-state index in [0.717, 1.165) is 29.6 Å². The van der Waals surface area contributed by atoms with Crippen LogP contribution in [-0.2, 0) is 0 Å². The average Bonchev–Trinajstić information content (AvgIpc) is 2.47. The molecule has 1 aliphatic rings. The van der Waals surface area contributed by atoms with Crippen molar-refractivity contribution in [3.63, 3.8) is 0 Å². The Morgan fingerprint density at radius 1 is 1.21 bits per heavy atom. The van der Waals surface area contributed by atoms with Crippen LogP contribution in [0.5, 0.6) is 0 Å². The van der Waals surface area contributed by atoms with Crippen molar-refractivity contribution in [1.29, 1.82) is 0 Å². The molecule has 0 spiro atoms. The van der Waals surface area contributed by atoms with Gasteiger partial charge in [-0.3, -0.25) is 0 Å². The average molecular weight is 251 g/mol. The van der Waals surface area contributed by atoms with Gasteiger partial charge in [-0.1, -0.05) is 36.4 Å². The second-order valence-corrected chi connectivity index (χ2v) is 4.52. The number of fused-ring (bicyclic) bond motifs is 1. The molecular weight excluding hydrogens is 238 g/mol. The summed E-state index contributed by atoms with van der Waals surface area (Å²) in [5, 5.41) is 10.0. The summed E-state index contributed by atoms with van der Waals surface area (Å²) in [7, 11) is 0. The predicted molar refractivity (Wildman–Crippen MR) is 75.1 cm³/mol. The van der Waals surface area contributed by atoms with Crippen LogP contribution in [0.15, 0.2) is 48.6 Å². The van der Waals surface area contributed by atoms with E-state index in [0.29, 0.717) is 10.9 Å². The number of hydrogen-bond donors (Lipinski definition) is 1. The largest absolute Gasteiger partial charge is 0.478 e. The zero-order valence-electron chi connectivity index (χ0n) is 10.3. The molecule has 3 rings (SSSR count). The highest BCUT2D eigenvalue weighted by molar-refractivity contribution is 6.03. The van der Waals surface area contributed by atoms with Crippen molar-refractivity contribution < 1.29 is 9.90 Å². The Bertz CT molecular complexity index is 714. The molecule has 1 aromatic carbocycles. The van der Waals surface area contributed by atoms with Crippen molar-refractivity contribution in [2.24, 2.45) is 0 Å². The second-order valence-electron chi connectivity index (χ2n) is 4.52. The van der Waals surface area contributed by atoms with Gasteiger partial charge >= 0.3 is 5.97 Å². The van der Waals surface area contributed by atoms with Crippen molar-refractivity contribution in [1.82, 2.24) is 4.98 Å². The molecule has 1 heterocycles. The standard InChI is InChI=1S/C16H13NO2/c18-16(19)13-10-15(11-6-2-1-3-7-11)17-14-9-5-4-8-12(13)14/h2,4-10H,1,3H2,(H,18,19). The Labute approximate surface area is 110 Å². The van der Waals surface area contributed by atoms with Gasteiger partial charge in [-0.25, -0.2) is 9.78 Å². The van der Waals surface area contributed by atoms with E-state index in [1.54, 1.807) is 12.1 Å². The molecule has 0 saturated heterocycles. The summed E-state index contributed by atoms with van der Waals surface area (Å²) < 4.78 is 0. The zero-order valence-corrected chi connectivity index (χ0v) is 10.3. The van der Waals surface area contributed by atoms with Crippen molar-refractivity contribution in [3.8, 4) is 0 Å². The fraction of sp³-hybridized carbons (Fsp3) is 0.125. The Hall–Kier alpha value is -2.42. The lowest BCUT2D eigenvalue weighted by molar-refractivity contribution is 0.0699. The highest BCUT2D eigenvalue weighted by atomic mass is 16.4. The first-order valence-corrected chi connectivity index (χ1v) is 6.26. The van der Waals surface area contributed by atoms with Crippen LogP contribution >= 0.6 is 0 Å². The van der Waals surface area contributed by atoms with Gasteiger partial charge in [0.1, 0.15) is 0 Å². The summed E-state index contributed by atoms with van der Waals surface area (Å²) in [6.45, 7) is 0. The number of carboxylic acids is 1. The van der Waals surface area contributed by atoms with E-state index in [4.69, 9.17) is 0 Å². The van der Waals surface area contributed by atoms with Gasteiger partial charge in [0, 0.05) is 5.39 Å². The number of pyridine rings is 1. The molecule has 1 aliphatic carbocycles. The minimum atomic E-state index is -0.916. The maximum atomic E-state index is 11.4. The number of aromatic carboxylic acids is 1.